The molecule has 3 aromatic carbocycles. The summed E-state index contributed by atoms with van der Waals surface area (Å²) in [5.74, 6) is 0. The minimum Gasteiger partial charge on any atom is -0.211 e. The lowest BCUT2D eigenvalue weighted by Gasteiger charge is -2.07. The fraction of sp³-hybridized carbons (Fsp3) is 0. The fourth-order valence-electron chi connectivity index (χ4n) is 2.11. The zero-order valence-electron chi connectivity index (χ0n) is 10.6. The van der Waals surface area contributed by atoms with Crippen LogP contribution in [0.2, 0.25) is 0 Å². The van der Waals surface area contributed by atoms with Gasteiger partial charge in [0, 0.05) is 15.2 Å². The first-order chi connectivity index (χ1) is 9.88. The molecular formula is C17H11NOS. The summed E-state index contributed by atoms with van der Waals surface area (Å²) in [4.78, 5) is 16.6. The van der Waals surface area contributed by atoms with Gasteiger partial charge in [-0.15, -0.1) is 0 Å². The fourth-order valence-corrected chi connectivity index (χ4v) is 3.08. The molecule has 0 radical (unpaired) electrons. The van der Waals surface area contributed by atoms with Crippen LogP contribution in [0.15, 0.2) is 81.5 Å². The van der Waals surface area contributed by atoms with Crippen molar-refractivity contribution in [1.82, 2.24) is 0 Å². The highest BCUT2D eigenvalue weighted by Gasteiger charge is 2.06. The molecule has 0 saturated heterocycles. The lowest BCUT2D eigenvalue weighted by molar-refractivity contribution is 0.565. The molecule has 0 amide bonds. The third-order valence-corrected chi connectivity index (χ3v) is 4.08. The molecule has 0 N–H and O–H groups in total. The average Bonchev–Trinajstić information content (AvgIpc) is 2.51. The van der Waals surface area contributed by atoms with Crippen molar-refractivity contribution in [3.05, 3.63) is 66.7 Å². The lowest BCUT2D eigenvalue weighted by atomic mass is 10.1. The molecule has 0 aliphatic heterocycles. The molecule has 0 saturated carbocycles. The summed E-state index contributed by atoms with van der Waals surface area (Å²) >= 11 is 1.70. The van der Waals surface area contributed by atoms with E-state index in [1.54, 1.807) is 17.8 Å². The summed E-state index contributed by atoms with van der Waals surface area (Å²) < 4.78 is 0. The SMILES string of the molecule is O=C=Nc1ccc(Sc2ccccc2)c2ccccc12. The molecule has 3 rings (SSSR count). The highest BCUT2D eigenvalue weighted by molar-refractivity contribution is 7.99. The molecule has 0 aliphatic carbocycles. The van der Waals surface area contributed by atoms with Crippen molar-refractivity contribution in [3.8, 4) is 0 Å². The van der Waals surface area contributed by atoms with Crippen LogP contribution in [0.3, 0.4) is 0 Å². The van der Waals surface area contributed by atoms with E-state index in [1.165, 1.54) is 4.90 Å². The Balaban J connectivity index is 2.13. The smallest absolute Gasteiger partial charge is 0.211 e. The van der Waals surface area contributed by atoms with Crippen molar-refractivity contribution in [2.45, 2.75) is 9.79 Å². The highest BCUT2D eigenvalue weighted by atomic mass is 32.2. The number of isocyanates is 1. The van der Waals surface area contributed by atoms with E-state index in [9.17, 15) is 4.79 Å². The van der Waals surface area contributed by atoms with Crippen LogP contribution in [0, 0.1) is 0 Å². The van der Waals surface area contributed by atoms with Gasteiger partial charge in [0.05, 0.1) is 5.69 Å². The van der Waals surface area contributed by atoms with Gasteiger partial charge in [0.25, 0.3) is 0 Å². The van der Waals surface area contributed by atoms with Gasteiger partial charge in [-0.2, -0.15) is 4.99 Å². The third kappa shape index (κ3) is 2.50. The molecule has 3 heteroatoms. The zero-order valence-corrected chi connectivity index (χ0v) is 11.4. The summed E-state index contributed by atoms with van der Waals surface area (Å²) in [6.07, 6.45) is 1.61. The van der Waals surface area contributed by atoms with Gasteiger partial charge in [-0.3, -0.25) is 0 Å². The van der Waals surface area contributed by atoms with Crippen LogP contribution in [0.4, 0.5) is 5.69 Å². The Bertz CT molecular complexity index is 792. The first kappa shape index (κ1) is 12.7. The maximum absolute atomic E-state index is 10.5. The lowest BCUT2D eigenvalue weighted by Crippen LogP contribution is -1.79. The van der Waals surface area contributed by atoms with Gasteiger partial charge in [0.1, 0.15) is 0 Å². The molecule has 20 heavy (non-hydrogen) atoms. The molecule has 0 aliphatic rings. The van der Waals surface area contributed by atoms with Crippen molar-refractivity contribution in [2.24, 2.45) is 4.99 Å². The summed E-state index contributed by atoms with van der Waals surface area (Å²) in [5.41, 5.74) is 0.660. The Morgan fingerprint density at radius 3 is 2.25 bits per heavy atom. The maximum Gasteiger partial charge on any atom is 0.240 e. The van der Waals surface area contributed by atoms with Gasteiger partial charge in [0.15, 0.2) is 0 Å². The largest absolute Gasteiger partial charge is 0.240 e. The van der Waals surface area contributed by atoms with Gasteiger partial charge < -0.3 is 0 Å². The molecule has 0 bridgehead atoms. The topological polar surface area (TPSA) is 29.4 Å². The Labute approximate surface area is 121 Å². The zero-order chi connectivity index (χ0) is 13.8. The number of hydrogen-bond donors (Lipinski definition) is 0. The number of benzene rings is 3. The van der Waals surface area contributed by atoms with Crippen LogP contribution in [0.25, 0.3) is 10.8 Å². The van der Waals surface area contributed by atoms with E-state index >= 15 is 0 Å². The van der Waals surface area contributed by atoms with Crippen molar-refractivity contribution in [3.63, 3.8) is 0 Å². The molecule has 2 nitrogen and oxygen atoms in total. The quantitative estimate of drug-likeness (QED) is 0.500. The van der Waals surface area contributed by atoms with Crippen molar-refractivity contribution in [2.75, 3.05) is 0 Å². The maximum atomic E-state index is 10.5. The summed E-state index contributed by atoms with van der Waals surface area (Å²) in [5, 5.41) is 2.06. The van der Waals surface area contributed by atoms with Crippen LogP contribution in [-0.2, 0) is 4.79 Å². The first-order valence-corrected chi connectivity index (χ1v) is 7.02. The monoisotopic (exact) mass is 277 g/mol. The van der Waals surface area contributed by atoms with Crippen LogP contribution >= 0.6 is 11.8 Å². The van der Waals surface area contributed by atoms with E-state index in [0.717, 1.165) is 15.7 Å². The average molecular weight is 277 g/mol. The van der Waals surface area contributed by atoms with Crippen LogP contribution in [-0.4, -0.2) is 6.08 Å². The molecule has 0 aromatic heterocycles. The van der Waals surface area contributed by atoms with E-state index in [1.807, 2.05) is 54.6 Å². The standard InChI is InChI=1S/C17H11NOS/c19-12-18-16-10-11-17(15-9-5-4-8-14(15)16)20-13-6-2-1-3-7-13/h1-11H. The molecule has 0 fully saturated rings. The van der Waals surface area contributed by atoms with Crippen LogP contribution in [0.5, 0.6) is 0 Å². The summed E-state index contributed by atoms with van der Waals surface area (Å²) in [7, 11) is 0. The summed E-state index contributed by atoms with van der Waals surface area (Å²) in [6.45, 7) is 0. The van der Waals surface area contributed by atoms with Gasteiger partial charge in [-0.25, -0.2) is 4.79 Å². The normalized spacial score (nSPS) is 10.2. The Kier molecular flexibility index (Phi) is 3.64. The molecule has 0 spiro atoms. The van der Waals surface area contributed by atoms with Crippen molar-refractivity contribution >= 4 is 34.3 Å². The van der Waals surface area contributed by atoms with Gasteiger partial charge in [-0.1, -0.05) is 54.2 Å². The van der Waals surface area contributed by atoms with E-state index in [0.29, 0.717) is 5.69 Å². The third-order valence-electron chi connectivity index (χ3n) is 3.00. The molecule has 96 valence electrons. The van der Waals surface area contributed by atoms with Gasteiger partial charge >= 0.3 is 0 Å². The Morgan fingerprint density at radius 1 is 0.800 bits per heavy atom. The molecule has 0 atom stereocenters. The Morgan fingerprint density at radius 2 is 1.50 bits per heavy atom. The van der Waals surface area contributed by atoms with Crippen molar-refractivity contribution < 1.29 is 4.79 Å². The summed E-state index contributed by atoms with van der Waals surface area (Å²) in [6, 6.07) is 22.0. The van der Waals surface area contributed by atoms with Gasteiger partial charge in [0.2, 0.25) is 6.08 Å². The number of nitrogens with zero attached hydrogens (tertiary/aromatic N) is 1. The molecular weight excluding hydrogens is 266 g/mol. The molecule has 0 heterocycles. The minimum atomic E-state index is 0.660. The van der Waals surface area contributed by atoms with E-state index in [4.69, 9.17) is 0 Å². The second kappa shape index (κ2) is 5.74. The number of carbonyl (C=O) groups excluding carboxylic acids is 1. The number of aliphatic imine (C=N–C) groups is 1. The second-order valence-corrected chi connectivity index (χ2v) is 5.36. The first-order valence-electron chi connectivity index (χ1n) is 6.21. The highest BCUT2D eigenvalue weighted by Crippen LogP contribution is 2.37. The molecule has 0 unspecified atom stereocenters. The Hall–Kier alpha value is -2.35. The predicted molar refractivity (Wildman–Crippen MR) is 82.3 cm³/mol. The van der Waals surface area contributed by atoms with E-state index in [-0.39, 0.29) is 0 Å². The van der Waals surface area contributed by atoms with E-state index in [2.05, 4.69) is 17.1 Å². The van der Waals surface area contributed by atoms with Gasteiger partial charge in [-0.05, 0) is 29.7 Å². The second-order valence-electron chi connectivity index (χ2n) is 4.25. The van der Waals surface area contributed by atoms with Crippen LogP contribution in [0.1, 0.15) is 0 Å². The predicted octanol–water partition coefficient (Wildman–Crippen LogP) is 4.96. The van der Waals surface area contributed by atoms with Crippen molar-refractivity contribution in [1.29, 1.82) is 0 Å². The minimum absolute atomic E-state index is 0.660. The number of fused-ring (bicyclic) bond motifs is 1. The molecule has 3 aromatic rings. The number of hydrogen-bond acceptors (Lipinski definition) is 3. The van der Waals surface area contributed by atoms with E-state index < -0.39 is 0 Å². The van der Waals surface area contributed by atoms with Crippen LogP contribution < -0.4 is 0 Å². The number of rotatable bonds is 3.